The number of anilines is 1. The van der Waals surface area contributed by atoms with Gasteiger partial charge in [0.1, 0.15) is 23.0 Å². The van der Waals surface area contributed by atoms with Crippen molar-refractivity contribution < 1.29 is 13.6 Å². The summed E-state index contributed by atoms with van der Waals surface area (Å²) in [5.41, 5.74) is 3.53. The van der Waals surface area contributed by atoms with Gasteiger partial charge in [-0.1, -0.05) is 0 Å². The third kappa shape index (κ3) is 4.97. The minimum atomic E-state index is -0.506. The summed E-state index contributed by atoms with van der Waals surface area (Å²) in [6, 6.07) is 8.43. The molecule has 8 nitrogen and oxygen atoms in total. The summed E-state index contributed by atoms with van der Waals surface area (Å²) < 4.78 is 27.7. The molecule has 4 aromatic rings. The fourth-order valence-corrected chi connectivity index (χ4v) is 4.68. The molecule has 0 radical (unpaired) electrons. The van der Waals surface area contributed by atoms with E-state index in [2.05, 4.69) is 20.3 Å². The van der Waals surface area contributed by atoms with E-state index in [0.29, 0.717) is 41.2 Å². The van der Waals surface area contributed by atoms with Crippen molar-refractivity contribution in [3.05, 3.63) is 81.3 Å². The number of rotatable bonds is 8. The van der Waals surface area contributed by atoms with Crippen LogP contribution in [0.5, 0.6) is 0 Å². The van der Waals surface area contributed by atoms with E-state index in [1.54, 1.807) is 12.1 Å². The standard InChI is InChI=1S/C27H28F2N6O2/c1-15(10-16-11-18(28)4-5-20(16)29)31-21-6-7-30-26(36)24(21)25-32-22-12-17-14-35(9-8-34(2)3)27(37)19(17)13-23(22)33-25/h4-7,11-13,15H,8-10,14H2,1-3H3,(H,32,33)(H2,30,31,36)/t15-/m0/s1. The fraction of sp³-hybridized carbons (Fsp3) is 0.296. The average molecular weight is 507 g/mol. The van der Waals surface area contributed by atoms with Crippen molar-refractivity contribution in [2.45, 2.75) is 25.9 Å². The van der Waals surface area contributed by atoms with Gasteiger partial charge in [0, 0.05) is 37.4 Å². The van der Waals surface area contributed by atoms with Crippen LogP contribution < -0.4 is 10.9 Å². The van der Waals surface area contributed by atoms with Crippen LogP contribution in [0.4, 0.5) is 14.5 Å². The molecule has 0 bridgehead atoms. The second kappa shape index (κ2) is 9.78. The molecule has 2 aromatic carbocycles. The van der Waals surface area contributed by atoms with Crippen LogP contribution in [0.2, 0.25) is 0 Å². The molecule has 3 heterocycles. The monoisotopic (exact) mass is 506 g/mol. The molecule has 10 heteroatoms. The summed E-state index contributed by atoms with van der Waals surface area (Å²) in [6.07, 6.45) is 1.73. The maximum Gasteiger partial charge on any atom is 0.261 e. The summed E-state index contributed by atoms with van der Waals surface area (Å²) >= 11 is 0. The van der Waals surface area contributed by atoms with Crippen molar-refractivity contribution in [3.63, 3.8) is 0 Å². The van der Waals surface area contributed by atoms with Crippen LogP contribution >= 0.6 is 0 Å². The molecule has 192 valence electrons. The number of carbonyl (C=O) groups is 1. The second-order valence-electron chi connectivity index (χ2n) is 9.72. The van der Waals surface area contributed by atoms with E-state index in [0.717, 1.165) is 29.8 Å². The first-order valence-corrected chi connectivity index (χ1v) is 12.1. The van der Waals surface area contributed by atoms with Crippen molar-refractivity contribution in [3.8, 4) is 11.4 Å². The highest BCUT2D eigenvalue weighted by atomic mass is 19.1. The topological polar surface area (TPSA) is 97.1 Å². The molecule has 0 aliphatic carbocycles. The number of benzene rings is 2. The average Bonchev–Trinajstić information content (AvgIpc) is 3.38. The van der Waals surface area contributed by atoms with E-state index in [4.69, 9.17) is 0 Å². The lowest BCUT2D eigenvalue weighted by atomic mass is 10.1. The molecule has 1 atom stereocenters. The highest BCUT2D eigenvalue weighted by Gasteiger charge is 2.28. The number of fused-ring (bicyclic) bond motifs is 2. The third-order valence-corrected chi connectivity index (χ3v) is 6.54. The van der Waals surface area contributed by atoms with Gasteiger partial charge < -0.3 is 25.1 Å². The molecule has 37 heavy (non-hydrogen) atoms. The molecule has 0 unspecified atom stereocenters. The molecule has 1 aliphatic heterocycles. The minimum absolute atomic E-state index is 0.0263. The van der Waals surface area contributed by atoms with Crippen molar-refractivity contribution in [1.29, 1.82) is 0 Å². The minimum Gasteiger partial charge on any atom is -0.381 e. The number of carbonyl (C=O) groups excluding carboxylic acids is 1. The highest BCUT2D eigenvalue weighted by Crippen LogP contribution is 2.30. The van der Waals surface area contributed by atoms with E-state index in [1.165, 1.54) is 12.3 Å². The maximum absolute atomic E-state index is 14.1. The lowest BCUT2D eigenvalue weighted by Gasteiger charge is -2.18. The van der Waals surface area contributed by atoms with Crippen LogP contribution in [-0.2, 0) is 13.0 Å². The Morgan fingerprint density at radius 1 is 1.16 bits per heavy atom. The number of nitrogens with one attached hydrogen (secondary N) is 3. The van der Waals surface area contributed by atoms with E-state index < -0.39 is 11.6 Å². The molecule has 0 saturated heterocycles. The Morgan fingerprint density at radius 3 is 2.76 bits per heavy atom. The van der Waals surface area contributed by atoms with E-state index in [-0.39, 0.29) is 29.5 Å². The van der Waals surface area contributed by atoms with Crippen LogP contribution in [0.3, 0.4) is 0 Å². The number of hydrogen-bond acceptors (Lipinski definition) is 5. The first kappa shape index (κ1) is 24.6. The van der Waals surface area contributed by atoms with Gasteiger partial charge in [-0.3, -0.25) is 9.59 Å². The second-order valence-corrected chi connectivity index (χ2v) is 9.72. The zero-order chi connectivity index (χ0) is 26.3. The summed E-state index contributed by atoms with van der Waals surface area (Å²) in [7, 11) is 3.94. The van der Waals surface area contributed by atoms with Crippen LogP contribution in [0, 0.1) is 11.6 Å². The summed E-state index contributed by atoms with van der Waals surface area (Å²) in [4.78, 5) is 40.1. The van der Waals surface area contributed by atoms with Gasteiger partial charge in [-0.2, -0.15) is 0 Å². The molecular weight excluding hydrogens is 478 g/mol. The molecule has 1 aliphatic rings. The Balaban J connectivity index is 1.42. The lowest BCUT2D eigenvalue weighted by molar-refractivity contribution is 0.0768. The first-order valence-electron chi connectivity index (χ1n) is 12.1. The Labute approximate surface area is 212 Å². The Bertz CT molecular complexity index is 1540. The van der Waals surface area contributed by atoms with Crippen LogP contribution in [0.25, 0.3) is 22.4 Å². The van der Waals surface area contributed by atoms with Gasteiger partial charge in [0.15, 0.2) is 0 Å². The van der Waals surface area contributed by atoms with Crippen molar-refractivity contribution >= 4 is 22.6 Å². The maximum atomic E-state index is 14.1. The smallest absolute Gasteiger partial charge is 0.261 e. The predicted octanol–water partition coefficient (Wildman–Crippen LogP) is 3.76. The van der Waals surface area contributed by atoms with Gasteiger partial charge in [0.05, 0.1) is 16.7 Å². The summed E-state index contributed by atoms with van der Waals surface area (Å²) in [5, 5.41) is 3.24. The van der Waals surface area contributed by atoms with E-state index in [1.807, 2.05) is 36.9 Å². The van der Waals surface area contributed by atoms with Crippen molar-refractivity contribution in [1.82, 2.24) is 24.8 Å². The molecule has 0 saturated carbocycles. The number of aromatic nitrogens is 3. The Kier molecular flexibility index (Phi) is 6.51. The lowest BCUT2D eigenvalue weighted by Crippen LogP contribution is -2.31. The zero-order valence-electron chi connectivity index (χ0n) is 20.9. The van der Waals surface area contributed by atoms with Crippen LogP contribution in [0.15, 0.2) is 47.4 Å². The SMILES string of the molecule is C[C@@H](Cc1cc(F)ccc1F)Nc1cc[nH]c(=O)c1-c1nc2cc3c(cc2[nH]1)CN(CCN(C)C)C3=O. The Morgan fingerprint density at radius 2 is 1.97 bits per heavy atom. The molecule has 5 rings (SSSR count). The van der Waals surface area contributed by atoms with Crippen molar-refractivity contribution in [2.24, 2.45) is 0 Å². The van der Waals surface area contributed by atoms with Gasteiger partial charge in [0.25, 0.3) is 11.5 Å². The number of imidazole rings is 1. The number of amides is 1. The number of aromatic amines is 2. The van der Waals surface area contributed by atoms with Crippen LogP contribution in [-0.4, -0.2) is 63.9 Å². The number of pyridine rings is 1. The quantitative estimate of drug-likeness (QED) is 0.338. The predicted molar refractivity (Wildman–Crippen MR) is 139 cm³/mol. The Hall–Kier alpha value is -4.05. The van der Waals surface area contributed by atoms with Gasteiger partial charge >= 0.3 is 0 Å². The molecular formula is C27H28F2N6O2. The highest BCUT2D eigenvalue weighted by molar-refractivity contribution is 6.02. The van der Waals surface area contributed by atoms with Gasteiger partial charge in [-0.15, -0.1) is 0 Å². The van der Waals surface area contributed by atoms with Gasteiger partial charge in [-0.05, 0) is 75.0 Å². The van der Waals surface area contributed by atoms with Gasteiger partial charge in [-0.25, -0.2) is 13.8 Å². The van der Waals surface area contributed by atoms with E-state index in [9.17, 15) is 18.4 Å². The summed E-state index contributed by atoms with van der Waals surface area (Å²) in [5.74, 6) is -0.666. The number of hydrogen-bond donors (Lipinski definition) is 3. The zero-order valence-corrected chi connectivity index (χ0v) is 20.9. The van der Waals surface area contributed by atoms with Gasteiger partial charge in [0.2, 0.25) is 0 Å². The largest absolute Gasteiger partial charge is 0.381 e. The normalized spacial score (nSPS) is 14.0. The first-order chi connectivity index (χ1) is 17.7. The molecule has 0 fully saturated rings. The van der Waals surface area contributed by atoms with Crippen molar-refractivity contribution in [2.75, 3.05) is 32.5 Å². The molecule has 1 amide bonds. The van der Waals surface area contributed by atoms with E-state index >= 15 is 0 Å². The molecule has 2 aromatic heterocycles. The summed E-state index contributed by atoms with van der Waals surface area (Å²) in [6.45, 7) is 3.77. The molecule has 0 spiro atoms. The number of H-pyrrole nitrogens is 2. The number of nitrogens with zero attached hydrogens (tertiary/aromatic N) is 3. The third-order valence-electron chi connectivity index (χ3n) is 6.54. The molecule has 3 N–H and O–H groups in total. The number of halogens is 2. The number of likely N-dealkylation sites (N-methyl/N-ethyl adjacent to an activating group) is 1. The van der Waals surface area contributed by atoms with Crippen LogP contribution in [0.1, 0.15) is 28.4 Å². The fourth-order valence-electron chi connectivity index (χ4n) is 4.68.